The van der Waals surface area contributed by atoms with E-state index in [2.05, 4.69) is 10.2 Å². The van der Waals surface area contributed by atoms with Crippen LogP contribution in [0.3, 0.4) is 0 Å². The quantitative estimate of drug-likeness (QED) is 0.631. The first kappa shape index (κ1) is 16.5. The summed E-state index contributed by atoms with van der Waals surface area (Å²) in [5.74, 6) is 1.88. The molecule has 0 fully saturated rings. The first-order valence-corrected chi connectivity index (χ1v) is 8.56. The van der Waals surface area contributed by atoms with Crippen LogP contribution in [-0.4, -0.2) is 14.8 Å². The van der Waals surface area contributed by atoms with Gasteiger partial charge in [-0.05, 0) is 30.2 Å². The Morgan fingerprint density at radius 2 is 1.83 bits per heavy atom. The van der Waals surface area contributed by atoms with Gasteiger partial charge in [-0.1, -0.05) is 48.2 Å². The number of hydrogen-bond acceptors (Lipinski definition) is 4. The largest absolute Gasteiger partial charge is 0.485 e. The van der Waals surface area contributed by atoms with Gasteiger partial charge in [0.2, 0.25) is 0 Å². The van der Waals surface area contributed by atoms with E-state index in [9.17, 15) is 4.39 Å². The topological polar surface area (TPSA) is 39.9 Å². The number of ether oxygens (including phenoxy) is 1. The lowest BCUT2D eigenvalue weighted by molar-refractivity contribution is 0.288. The molecule has 2 aromatic carbocycles. The number of nitrogens with zero attached hydrogens (tertiary/aromatic N) is 3. The molecule has 24 heavy (non-hydrogen) atoms. The fraction of sp³-hybridized carbons (Fsp3) is 0.222. The van der Waals surface area contributed by atoms with Gasteiger partial charge in [-0.2, -0.15) is 0 Å². The molecule has 0 spiro atoms. The lowest BCUT2D eigenvalue weighted by atomic mass is 10.2. The van der Waals surface area contributed by atoms with Crippen LogP contribution in [0, 0.1) is 12.7 Å². The van der Waals surface area contributed by atoms with Crippen molar-refractivity contribution < 1.29 is 9.13 Å². The molecule has 3 rings (SSSR count). The molecule has 0 radical (unpaired) electrons. The molecule has 0 bridgehead atoms. The lowest BCUT2D eigenvalue weighted by Crippen LogP contribution is -2.05. The number of aryl methyl sites for hydroxylation is 1. The number of aromatic nitrogens is 3. The third-order valence-corrected chi connectivity index (χ3v) is 4.76. The van der Waals surface area contributed by atoms with E-state index in [0.29, 0.717) is 17.9 Å². The minimum Gasteiger partial charge on any atom is -0.485 e. The zero-order chi connectivity index (χ0) is 16.9. The molecule has 0 amide bonds. The summed E-state index contributed by atoms with van der Waals surface area (Å²) in [6.07, 6.45) is 0. The van der Waals surface area contributed by atoms with Crippen LogP contribution in [0.15, 0.2) is 53.7 Å². The van der Waals surface area contributed by atoms with Gasteiger partial charge in [0, 0.05) is 12.8 Å². The molecule has 124 valence electrons. The molecule has 0 aliphatic rings. The number of rotatable bonds is 6. The van der Waals surface area contributed by atoms with Crippen molar-refractivity contribution in [3.05, 3.63) is 71.3 Å². The predicted molar refractivity (Wildman–Crippen MR) is 92.5 cm³/mol. The third kappa shape index (κ3) is 3.76. The summed E-state index contributed by atoms with van der Waals surface area (Å²) in [6.45, 7) is 2.34. The average molecular weight is 343 g/mol. The summed E-state index contributed by atoms with van der Waals surface area (Å²) >= 11 is 1.45. The second-order valence-electron chi connectivity index (χ2n) is 5.39. The van der Waals surface area contributed by atoms with Crippen molar-refractivity contribution in [1.82, 2.24) is 14.8 Å². The summed E-state index contributed by atoms with van der Waals surface area (Å²) in [4.78, 5) is 0. The van der Waals surface area contributed by atoms with Crippen LogP contribution in [0.2, 0.25) is 0 Å². The molecule has 0 aliphatic carbocycles. The highest BCUT2D eigenvalue weighted by Crippen LogP contribution is 2.23. The number of para-hydroxylation sites is 1. The maximum atomic E-state index is 13.7. The van der Waals surface area contributed by atoms with Crippen molar-refractivity contribution in [2.45, 2.75) is 24.4 Å². The van der Waals surface area contributed by atoms with Gasteiger partial charge >= 0.3 is 0 Å². The van der Waals surface area contributed by atoms with Crippen LogP contribution in [0.5, 0.6) is 5.75 Å². The first-order valence-electron chi connectivity index (χ1n) is 7.58. The average Bonchev–Trinajstić information content (AvgIpc) is 2.94. The van der Waals surface area contributed by atoms with Crippen molar-refractivity contribution in [1.29, 1.82) is 0 Å². The van der Waals surface area contributed by atoms with E-state index >= 15 is 0 Å². The second-order valence-corrected chi connectivity index (χ2v) is 6.33. The number of benzene rings is 2. The minimum atomic E-state index is -0.199. The molecule has 0 unspecified atom stereocenters. The Kier molecular flexibility index (Phi) is 5.15. The Hall–Kier alpha value is -2.34. The SMILES string of the molecule is Cc1ccccc1OCc1nnc(SCc2ccccc2F)n1C. The van der Waals surface area contributed by atoms with Gasteiger partial charge < -0.3 is 9.30 Å². The van der Waals surface area contributed by atoms with Crippen LogP contribution in [0.1, 0.15) is 17.0 Å². The Morgan fingerprint density at radius 3 is 2.62 bits per heavy atom. The summed E-state index contributed by atoms with van der Waals surface area (Å²) in [6, 6.07) is 14.6. The Labute approximate surface area is 144 Å². The molecule has 0 aliphatic heterocycles. The predicted octanol–water partition coefficient (Wildman–Crippen LogP) is 4.13. The normalized spacial score (nSPS) is 10.8. The van der Waals surface area contributed by atoms with E-state index in [0.717, 1.165) is 22.3 Å². The molecule has 4 nitrogen and oxygen atoms in total. The second kappa shape index (κ2) is 7.49. The highest BCUT2D eigenvalue weighted by atomic mass is 32.2. The van der Waals surface area contributed by atoms with Crippen LogP contribution < -0.4 is 4.74 Å². The Bertz CT molecular complexity index is 768. The van der Waals surface area contributed by atoms with Crippen LogP contribution in [0.4, 0.5) is 4.39 Å². The summed E-state index contributed by atoms with van der Waals surface area (Å²) in [7, 11) is 1.89. The molecule has 0 saturated heterocycles. The fourth-order valence-electron chi connectivity index (χ4n) is 2.21. The zero-order valence-electron chi connectivity index (χ0n) is 13.6. The monoisotopic (exact) mass is 343 g/mol. The molecule has 3 aromatic rings. The van der Waals surface area contributed by atoms with Crippen molar-refractivity contribution in [3.63, 3.8) is 0 Å². The Balaban J connectivity index is 1.63. The molecule has 0 atom stereocenters. The maximum absolute atomic E-state index is 13.7. The summed E-state index contributed by atoms with van der Waals surface area (Å²) in [5.41, 5.74) is 1.73. The third-order valence-electron chi connectivity index (χ3n) is 3.69. The van der Waals surface area contributed by atoms with Crippen LogP contribution in [-0.2, 0) is 19.4 Å². The van der Waals surface area contributed by atoms with E-state index in [-0.39, 0.29) is 5.82 Å². The van der Waals surface area contributed by atoms with Gasteiger partial charge in [0.1, 0.15) is 18.2 Å². The Morgan fingerprint density at radius 1 is 1.08 bits per heavy atom. The first-order chi connectivity index (χ1) is 11.6. The molecule has 0 saturated carbocycles. The maximum Gasteiger partial charge on any atom is 0.191 e. The van der Waals surface area contributed by atoms with Gasteiger partial charge in [0.05, 0.1) is 0 Å². The number of halogens is 1. The summed E-state index contributed by atoms with van der Waals surface area (Å²) in [5, 5.41) is 9.07. The van der Waals surface area contributed by atoms with Crippen LogP contribution in [0.25, 0.3) is 0 Å². The van der Waals surface area contributed by atoms with Gasteiger partial charge in [0.25, 0.3) is 0 Å². The van der Waals surface area contributed by atoms with Gasteiger partial charge in [-0.25, -0.2) is 4.39 Å². The zero-order valence-corrected chi connectivity index (χ0v) is 14.4. The van der Waals surface area contributed by atoms with Crippen molar-refractivity contribution in [3.8, 4) is 5.75 Å². The lowest BCUT2D eigenvalue weighted by Gasteiger charge is -2.08. The molecular formula is C18H18FN3OS. The van der Waals surface area contributed by atoms with Gasteiger partial charge in [0.15, 0.2) is 11.0 Å². The van der Waals surface area contributed by atoms with Crippen molar-refractivity contribution in [2.24, 2.45) is 7.05 Å². The van der Waals surface area contributed by atoms with E-state index in [4.69, 9.17) is 4.74 Å². The highest BCUT2D eigenvalue weighted by Gasteiger charge is 2.11. The summed E-state index contributed by atoms with van der Waals surface area (Å²) < 4.78 is 21.4. The van der Waals surface area contributed by atoms with E-state index in [1.54, 1.807) is 12.1 Å². The molecule has 1 aromatic heterocycles. The highest BCUT2D eigenvalue weighted by molar-refractivity contribution is 7.98. The van der Waals surface area contributed by atoms with Crippen LogP contribution >= 0.6 is 11.8 Å². The van der Waals surface area contributed by atoms with E-state index in [1.807, 2.05) is 48.9 Å². The standard InChI is InChI=1S/C18H18FN3OS/c1-13-7-3-6-10-16(13)23-11-17-20-21-18(22(17)2)24-12-14-8-4-5-9-15(14)19/h3-10H,11-12H2,1-2H3. The van der Waals surface area contributed by atoms with Crippen molar-refractivity contribution in [2.75, 3.05) is 0 Å². The smallest absolute Gasteiger partial charge is 0.191 e. The number of hydrogen-bond donors (Lipinski definition) is 0. The minimum absolute atomic E-state index is 0.199. The molecule has 0 N–H and O–H groups in total. The van der Waals surface area contributed by atoms with Crippen molar-refractivity contribution >= 4 is 11.8 Å². The fourth-order valence-corrected chi connectivity index (χ4v) is 3.13. The molecule has 6 heteroatoms. The van der Waals surface area contributed by atoms with E-state index in [1.165, 1.54) is 17.8 Å². The van der Waals surface area contributed by atoms with E-state index < -0.39 is 0 Å². The molecular weight excluding hydrogens is 325 g/mol. The molecule has 1 heterocycles. The number of thioether (sulfide) groups is 1. The van der Waals surface area contributed by atoms with Gasteiger partial charge in [-0.3, -0.25) is 0 Å². The van der Waals surface area contributed by atoms with Gasteiger partial charge in [-0.15, -0.1) is 10.2 Å².